The van der Waals surface area contributed by atoms with E-state index in [-0.39, 0.29) is 17.9 Å². The molecule has 3 unspecified atom stereocenters. The minimum Gasteiger partial charge on any atom is -0.491 e. The second kappa shape index (κ2) is 12.9. The summed E-state index contributed by atoms with van der Waals surface area (Å²) in [7, 11) is 1.38. The average Bonchev–Trinajstić information content (AvgIpc) is 3.27. The van der Waals surface area contributed by atoms with Gasteiger partial charge in [0.1, 0.15) is 12.4 Å². The Morgan fingerprint density at radius 3 is 2.29 bits per heavy atom. The molecule has 1 aliphatic rings. The normalized spacial score (nSPS) is 17.6. The van der Waals surface area contributed by atoms with Gasteiger partial charge in [0.15, 0.2) is 0 Å². The smallest absolute Gasteiger partial charge is 0.309 e. The Morgan fingerprint density at radius 1 is 1.03 bits per heavy atom. The number of rotatable bonds is 11. The van der Waals surface area contributed by atoms with E-state index in [1.807, 2.05) is 66.4 Å². The summed E-state index contributed by atoms with van der Waals surface area (Å²) in [6.45, 7) is 2.91. The molecule has 1 amide bonds. The third-order valence-corrected chi connectivity index (χ3v) is 7.35. The van der Waals surface area contributed by atoms with Crippen molar-refractivity contribution in [3.05, 3.63) is 90.0 Å². The van der Waals surface area contributed by atoms with E-state index in [2.05, 4.69) is 18.2 Å². The summed E-state index contributed by atoms with van der Waals surface area (Å²) in [5.74, 6) is -0.421. The Morgan fingerprint density at radius 2 is 1.68 bits per heavy atom. The topological polar surface area (TPSA) is 79.6 Å². The SMILES string of the molecule is CCC(C(=O)OC)C1CC(COc2ccc(-c3ccc(C#N)cc3)cc2)N(CCCc2ccccc2)C1=O. The number of carbonyl (C=O) groups is 2. The first-order valence-electron chi connectivity index (χ1n) is 13.2. The molecule has 1 heterocycles. The second-order valence-corrected chi connectivity index (χ2v) is 9.68. The number of methoxy groups -OCH3 is 1. The van der Waals surface area contributed by atoms with Crippen LogP contribution in [-0.2, 0) is 20.7 Å². The first-order chi connectivity index (χ1) is 18.5. The zero-order chi connectivity index (χ0) is 26.9. The predicted molar refractivity (Wildman–Crippen MR) is 146 cm³/mol. The number of likely N-dealkylation sites (tertiary alicyclic amines) is 1. The summed E-state index contributed by atoms with van der Waals surface area (Å²) in [5.41, 5.74) is 3.93. The highest BCUT2D eigenvalue weighted by molar-refractivity contribution is 5.87. The van der Waals surface area contributed by atoms with Crippen molar-refractivity contribution in [1.82, 2.24) is 4.90 Å². The summed E-state index contributed by atoms with van der Waals surface area (Å²) in [6, 6.07) is 27.6. The highest BCUT2D eigenvalue weighted by Gasteiger charge is 2.45. The first kappa shape index (κ1) is 26.9. The highest BCUT2D eigenvalue weighted by atomic mass is 16.5. The number of nitriles is 1. The van der Waals surface area contributed by atoms with Gasteiger partial charge in [-0.1, -0.05) is 61.5 Å². The number of aryl methyl sites for hydroxylation is 1. The number of esters is 1. The van der Waals surface area contributed by atoms with Gasteiger partial charge in [-0.25, -0.2) is 0 Å². The summed E-state index contributed by atoms with van der Waals surface area (Å²) in [4.78, 5) is 27.8. The van der Waals surface area contributed by atoms with Crippen molar-refractivity contribution in [2.75, 3.05) is 20.3 Å². The van der Waals surface area contributed by atoms with Crippen LogP contribution in [0.25, 0.3) is 11.1 Å². The van der Waals surface area contributed by atoms with Gasteiger partial charge in [-0.2, -0.15) is 5.26 Å². The number of hydrogen-bond acceptors (Lipinski definition) is 5. The van der Waals surface area contributed by atoms with Gasteiger partial charge >= 0.3 is 5.97 Å². The van der Waals surface area contributed by atoms with Crippen molar-refractivity contribution < 1.29 is 19.1 Å². The molecule has 1 saturated heterocycles. The summed E-state index contributed by atoms with van der Waals surface area (Å²) < 4.78 is 11.2. The lowest BCUT2D eigenvalue weighted by Gasteiger charge is -2.25. The number of ether oxygens (including phenoxy) is 2. The molecule has 4 rings (SSSR count). The van der Waals surface area contributed by atoms with Crippen LogP contribution in [0.5, 0.6) is 5.75 Å². The number of carbonyl (C=O) groups excluding carboxylic acids is 2. The van der Waals surface area contributed by atoms with Crippen LogP contribution in [0, 0.1) is 23.2 Å². The molecule has 3 aromatic carbocycles. The fraction of sp³-hybridized carbons (Fsp3) is 0.344. The van der Waals surface area contributed by atoms with E-state index < -0.39 is 11.8 Å². The molecule has 0 bridgehead atoms. The zero-order valence-electron chi connectivity index (χ0n) is 22.0. The van der Waals surface area contributed by atoms with Crippen LogP contribution in [0.1, 0.15) is 37.3 Å². The number of hydrogen-bond donors (Lipinski definition) is 0. The van der Waals surface area contributed by atoms with Crippen molar-refractivity contribution in [3.63, 3.8) is 0 Å². The number of benzene rings is 3. The molecular formula is C32H34N2O4. The Bertz CT molecular complexity index is 1250. The fourth-order valence-electron chi connectivity index (χ4n) is 5.24. The van der Waals surface area contributed by atoms with E-state index in [1.165, 1.54) is 12.7 Å². The Labute approximate surface area is 224 Å². The molecule has 0 radical (unpaired) electrons. The Kier molecular flexibility index (Phi) is 9.16. The third kappa shape index (κ3) is 6.41. The summed E-state index contributed by atoms with van der Waals surface area (Å²) >= 11 is 0. The lowest BCUT2D eigenvalue weighted by molar-refractivity contribution is -0.151. The molecule has 6 nitrogen and oxygen atoms in total. The van der Waals surface area contributed by atoms with E-state index in [4.69, 9.17) is 14.7 Å². The van der Waals surface area contributed by atoms with Crippen LogP contribution < -0.4 is 4.74 Å². The summed E-state index contributed by atoms with van der Waals surface area (Å²) in [5, 5.41) is 9.01. The van der Waals surface area contributed by atoms with Crippen LogP contribution in [0.3, 0.4) is 0 Å². The van der Waals surface area contributed by atoms with Crippen molar-refractivity contribution >= 4 is 11.9 Å². The van der Waals surface area contributed by atoms with E-state index in [0.717, 1.165) is 29.7 Å². The molecule has 38 heavy (non-hydrogen) atoms. The lowest BCUT2D eigenvalue weighted by Crippen LogP contribution is -2.39. The van der Waals surface area contributed by atoms with Crippen LogP contribution in [0.4, 0.5) is 0 Å². The lowest BCUT2D eigenvalue weighted by atomic mass is 9.87. The van der Waals surface area contributed by atoms with Crippen LogP contribution in [0.15, 0.2) is 78.9 Å². The standard InChI is InChI=1S/C32H34N2O4/c1-3-29(32(36)37-2)30-20-27(34(31(30)35)19-7-10-23-8-5-4-6-9-23)22-38-28-17-15-26(16-18-28)25-13-11-24(21-33)12-14-25/h4-6,8-9,11-18,27,29-30H,3,7,10,19-20,22H2,1-2H3. The van der Waals surface area contributed by atoms with E-state index >= 15 is 0 Å². The first-order valence-corrected chi connectivity index (χ1v) is 13.2. The van der Waals surface area contributed by atoms with Gasteiger partial charge in [-0.05, 0) is 66.6 Å². The quantitative estimate of drug-likeness (QED) is 0.311. The van der Waals surface area contributed by atoms with Crippen LogP contribution in [0.2, 0.25) is 0 Å². The maximum Gasteiger partial charge on any atom is 0.309 e. The van der Waals surface area contributed by atoms with Gasteiger partial charge in [0, 0.05) is 6.54 Å². The molecule has 3 aromatic rings. The van der Waals surface area contributed by atoms with Crippen molar-refractivity contribution in [2.45, 2.75) is 38.6 Å². The molecule has 0 saturated carbocycles. The number of amides is 1. The Balaban J connectivity index is 1.43. The molecule has 196 valence electrons. The zero-order valence-corrected chi connectivity index (χ0v) is 22.0. The van der Waals surface area contributed by atoms with Gasteiger partial charge < -0.3 is 14.4 Å². The molecule has 3 atom stereocenters. The fourth-order valence-corrected chi connectivity index (χ4v) is 5.24. The van der Waals surface area contributed by atoms with E-state index in [9.17, 15) is 9.59 Å². The predicted octanol–water partition coefficient (Wildman–Crippen LogP) is 5.65. The molecule has 0 aliphatic carbocycles. The molecular weight excluding hydrogens is 476 g/mol. The molecule has 6 heteroatoms. The molecule has 1 aliphatic heterocycles. The Hall–Kier alpha value is -4.11. The van der Waals surface area contributed by atoms with E-state index in [0.29, 0.717) is 31.6 Å². The number of nitrogens with zero attached hydrogens (tertiary/aromatic N) is 2. The van der Waals surface area contributed by atoms with Crippen molar-refractivity contribution in [2.24, 2.45) is 11.8 Å². The van der Waals surface area contributed by atoms with Gasteiger partial charge in [0.05, 0.1) is 36.6 Å². The third-order valence-electron chi connectivity index (χ3n) is 7.35. The van der Waals surface area contributed by atoms with Crippen LogP contribution >= 0.6 is 0 Å². The minimum absolute atomic E-state index is 0.0140. The average molecular weight is 511 g/mol. The van der Waals surface area contributed by atoms with Crippen LogP contribution in [-0.4, -0.2) is 43.1 Å². The largest absolute Gasteiger partial charge is 0.491 e. The highest BCUT2D eigenvalue weighted by Crippen LogP contribution is 2.34. The molecule has 0 spiro atoms. The van der Waals surface area contributed by atoms with Gasteiger partial charge in [-0.3, -0.25) is 9.59 Å². The van der Waals surface area contributed by atoms with E-state index in [1.54, 1.807) is 12.1 Å². The second-order valence-electron chi connectivity index (χ2n) is 9.68. The molecule has 1 fully saturated rings. The summed E-state index contributed by atoms with van der Waals surface area (Å²) in [6.07, 6.45) is 2.85. The van der Waals surface area contributed by atoms with Crippen molar-refractivity contribution in [3.8, 4) is 22.9 Å². The maximum absolute atomic E-state index is 13.5. The van der Waals surface area contributed by atoms with Gasteiger partial charge in [0.2, 0.25) is 5.91 Å². The minimum atomic E-state index is -0.444. The van der Waals surface area contributed by atoms with Crippen molar-refractivity contribution in [1.29, 1.82) is 5.26 Å². The molecule has 0 aromatic heterocycles. The molecule has 0 N–H and O–H groups in total. The van der Waals surface area contributed by atoms with Gasteiger partial charge in [0.25, 0.3) is 0 Å². The monoisotopic (exact) mass is 510 g/mol. The van der Waals surface area contributed by atoms with Gasteiger partial charge in [-0.15, -0.1) is 0 Å². The maximum atomic E-state index is 13.5.